The van der Waals surface area contributed by atoms with Gasteiger partial charge < -0.3 is 4.57 Å². The molecule has 1 atom stereocenters. The van der Waals surface area contributed by atoms with Gasteiger partial charge in [0.2, 0.25) is 0 Å². The molecular weight excluding hydrogens is 302 g/mol. The highest BCUT2D eigenvalue weighted by molar-refractivity contribution is 7.99. The summed E-state index contributed by atoms with van der Waals surface area (Å²) >= 11 is 1.73. The second-order valence-electron chi connectivity index (χ2n) is 5.27. The molecular formula is C19H19N3S. The summed E-state index contributed by atoms with van der Waals surface area (Å²) in [6.45, 7) is 3.89. The molecule has 0 N–H and O–H groups in total. The Kier molecular flexibility index (Phi) is 4.93. The zero-order chi connectivity index (χ0) is 16.1. The zero-order valence-corrected chi connectivity index (χ0v) is 13.9. The Morgan fingerprint density at radius 2 is 1.70 bits per heavy atom. The highest BCUT2D eigenvalue weighted by Crippen LogP contribution is 2.37. The number of nitrogens with zero attached hydrogens (tertiary/aromatic N) is 3. The van der Waals surface area contributed by atoms with Crippen molar-refractivity contribution in [2.45, 2.75) is 16.8 Å². The average Bonchev–Trinajstić information content (AvgIpc) is 2.97. The van der Waals surface area contributed by atoms with E-state index in [1.165, 1.54) is 5.56 Å². The summed E-state index contributed by atoms with van der Waals surface area (Å²) in [6, 6.07) is 20.6. The second kappa shape index (κ2) is 7.29. The average molecular weight is 321 g/mol. The summed E-state index contributed by atoms with van der Waals surface area (Å²) in [5, 5.41) is 9.95. The molecule has 2 aromatic carbocycles. The molecule has 1 unspecified atom stereocenters. The molecule has 0 spiro atoms. The maximum atomic E-state index is 4.38. The number of thioether (sulfide) groups is 1. The highest BCUT2D eigenvalue weighted by Gasteiger charge is 2.17. The topological polar surface area (TPSA) is 30.7 Å². The monoisotopic (exact) mass is 321 g/mol. The van der Waals surface area contributed by atoms with Crippen molar-refractivity contribution in [1.82, 2.24) is 14.8 Å². The fourth-order valence-electron chi connectivity index (χ4n) is 2.45. The molecule has 3 nitrogen and oxygen atoms in total. The van der Waals surface area contributed by atoms with Crippen LogP contribution in [-0.4, -0.2) is 14.8 Å². The van der Waals surface area contributed by atoms with Crippen LogP contribution in [-0.2, 0) is 7.05 Å². The van der Waals surface area contributed by atoms with E-state index in [4.69, 9.17) is 0 Å². The summed E-state index contributed by atoms with van der Waals surface area (Å²) in [7, 11) is 2.01. The first-order valence-electron chi connectivity index (χ1n) is 7.57. The quantitative estimate of drug-likeness (QED) is 0.478. The van der Waals surface area contributed by atoms with Gasteiger partial charge in [0.25, 0.3) is 0 Å². The second-order valence-corrected chi connectivity index (χ2v) is 6.44. The fraction of sp³-hybridized carbons (Fsp3) is 0.158. The molecule has 23 heavy (non-hydrogen) atoms. The van der Waals surface area contributed by atoms with E-state index in [9.17, 15) is 0 Å². The number of hydrogen-bond donors (Lipinski definition) is 0. The summed E-state index contributed by atoms with van der Waals surface area (Å²) in [5.41, 5.74) is 2.36. The predicted octanol–water partition coefficient (Wildman–Crippen LogP) is 4.89. The minimum absolute atomic E-state index is 0.292. The van der Waals surface area contributed by atoms with Crippen molar-refractivity contribution in [3.63, 3.8) is 0 Å². The van der Waals surface area contributed by atoms with Gasteiger partial charge >= 0.3 is 0 Å². The van der Waals surface area contributed by atoms with Crippen LogP contribution in [0.25, 0.3) is 11.4 Å². The van der Waals surface area contributed by atoms with Crippen LogP contribution in [0.1, 0.15) is 17.2 Å². The van der Waals surface area contributed by atoms with E-state index in [1.807, 2.05) is 37.4 Å². The van der Waals surface area contributed by atoms with Gasteiger partial charge in [-0.1, -0.05) is 78.5 Å². The van der Waals surface area contributed by atoms with E-state index < -0.39 is 0 Å². The molecule has 3 rings (SSSR count). The van der Waals surface area contributed by atoms with Gasteiger partial charge in [-0.2, -0.15) is 0 Å². The lowest BCUT2D eigenvalue weighted by atomic mass is 10.1. The summed E-state index contributed by atoms with van der Waals surface area (Å²) in [6.07, 6.45) is 2.85. The largest absolute Gasteiger partial charge is 0.305 e. The van der Waals surface area contributed by atoms with Crippen LogP contribution in [0.5, 0.6) is 0 Å². The van der Waals surface area contributed by atoms with Crippen molar-refractivity contribution in [3.05, 3.63) is 78.9 Å². The number of hydrogen-bond acceptors (Lipinski definition) is 3. The Balaban J connectivity index is 1.87. The van der Waals surface area contributed by atoms with Crippen LogP contribution in [0, 0.1) is 0 Å². The van der Waals surface area contributed by atoms with Crippen molar-refractivity contribution in [3.8, 4) is 11.4 Å². The van der Waals surface area contributed by atoms with Gasteiger partial charge in [0.05, 0.1) is 0 Å². The molecule has 0 aliphatic rings. The third-order valence-electron chi connectivity index (χ3n) is 3.67. The lowest BCUT2D eigenvalue weighted by Gasteiger charge is -2.14. The van der Waals surface area contributed by atoms with Crippen LogP contribution in [0.4, 0.5) is 0 Å². The van der Waals surface area contributed by atoms with E-state index in [1.54, 1.807) is 11.8 Å². The van der Waals surface area contributed by atoms with Gasteiger partial charge in [-0.25, -0.2) is 0 Å². The fourth-order valence-corrected chi connectivity index (χ4v) is 3.57. The third-order valence-corrected chi connectivity index (χ3v) is 4.98. The molecule has 0 aliphatic heterocycles. The molecule has 0 fully saturated rings. The Hall–Kier alpha value is -2.33. The molecule has 0 amide bonds. The van der Waals surface area contributed by atoms with Gasteiger partial charge in [0, 0.05) is 17.9 Å². The van der Waals surface area contributed by atoms with Crippen LogP contribution in [0.2, 0.25) is 0 Å². The number of allylic oxidation sites excluding steroid dienone is 1. The standard InChI is InChI=1S/C19H19N3S/c1-3-10-17(15-11-6-4-7-12-15)23-19-21-20-18(22(19)2)16-13-8-5-9-14-16/h3-9,11-14,17H,1,10H2,2H3. The van der Waals surface area contributed by atoms with Crippen molar-refractivity contribution in [2.75, 3.05) is 0 Å². The van der Waals surface area contributed by atoms with Crippen LogP contribution >= 0.6 is 11.8 Å². The molecule has 1 heterocycles. The van der Waals surface area contributed by atoms with E-state index in [0.29, 0.717) is 5.25 Å². The van der Waals surface area contributed by atoms with Crippen molar-refractivity contribution in [2.24, 2.45) is 7.05 Å². The first-order chi connectivity index (χ1) is 11.3. The number of benzene rings is 2. The van der Waals surface area contributed by atoms with Crippen molar-refractivity contribution in [1.29, 1.82) is 0 Å². The Labute approximate surface area is 141 Å². The molecule has 0 saturated heterocycles. The summed E-state index contributed by atoms with van der Waals surface area (Å²) in [4.78, 5) is 0. The SMILES string of the molecule is C=CCC(Sc1nnc(-c2ccccc2)n1C)c1ccccc1. The number of aromatic nitrogens is 3. The molecule has 3 aromatic rings. The third kappa shape index (κ3) is 3.54. The maximum Gasteiger partial charge on any atom is 0.191 e. The van der Waals surface area contributed by atoms with E-state index in [-0.39, 0.29) is 0 Å². The van der Waals surface area contributed by atoms with E-state index in [0.717, 1.165) is 23.0 Å². The minimum atomic E-state index is 0.292. The van der Waals surface area contributed by atoms with Gasteiger partial charge in [-0.05, 0) is 12.0 Å². The van der Waals surface area contributed by atoms with Crippen LogP contribution in [0.15, 0.2) is 78.5 Å². The molecule has 4 heteroatoms. The number of rotatable bonds is 6. The Bertz CT molecular complexity index is 766. The van der Waals surface area contributed by atoms with Crippen molar-refractivity contribution >= 4 is 11.8 Å². The van der Waals surface area contributed by atoms with E-state index >= 15 is 0 Å². The summed E-state index contributed by atoms with van der Waals surface area (Å²) < 4.78 is 2.05. The van der Waals surface area contributed by atoms with Crippen molar-refractivity contribution < 1.29 is 0 Å². The lowest BCUT2D eigenvalue weighted by Crippen LogP contribution is -1.98. The predicted molar refractivity (Wildman–Crippen MR) is 96.3 cm³/mol. The molecule has 1 aromatic heterocycles. The first-order valence-corrected chi connectivity index (χ1v) is 8.45. The van der Waals surface area contributed by atoms with Gasteiger partial charge in [0.1, 0.15) is 0 Å². The lowest BCUT2D eigenvalue weighted by molar-refractivity contribution is 0.787. The smallest absolute Gasteiger partial charge is 0.191 e. The molecule has 0 radical (unpaired) electrons. The first kappa shape index (κ1) is 15.6. The Morgan fingerprint density at radius 3 is 2.35 bits per heavy atom. The molecule has 0 saturated carbocycles. The minimum Gasteiger partial charge on any atom is -0.305 e. The maximum absolute atomic E-state index is 4.38. The van der Waals surface area contributed by atoms with Gasteiger partial charge in [0.15, 0.2) is 11.0 Å². The van der Waals surface area contributed by atoms with Crippen LogP contribution in [0.3, 0.4) is 0 Å². The van der Waals surface area contributed by atoms with Crippen LogP contribution < -0.4 is 0 Å². The molecule has 0 aliphatic carbocycles. The zero-order valence-electron chi connectivity index (χ0n) is 13.1. The van der Waals surface area contributed by atoms with Gasteiger partial charge in [-0.3, -0.25) is 0 Å². The highest BCUT2D eigenvalue weighted by atomic mass is 32.2. The molecule has 0 bridgehead atoms. The normalized spacial score (nSPS) is 12.0. The molecule has 116 valence electrons. The Morgan fingerprint density at radius 1 is 1.04 bits per heavy atom. The summed E-state index contributed by atoms with van der Waals surface area (Å²) in [5.74, 6) is 0.888. The van der Waals surface area contributed by atoms with E-state index in [2.05, 4.69) is 57.7 Å². The van der Waals surface area contributed by atoms with Gasteiger partial charge in [-0.15, -0.1) is 16.8 Å².